The fraction of sp³-hybridized carbons (Fsp3) is 1.00. The Morgan fingerprint density at radius 1 is 1.12 bits per heavy atom. The molecule has 2 heteroatoms. The summed E-state index contributed by atoms with van der Waals surface area (Å²) in [7, 11) is 0. The molecule has 0 aromatic heterocycles. The van der Waals surface area contributed by atoms with Crippen molar-refractivity contribution >= 4 is 0 Å². The monoisotopic (exact) mass is 116 g/mol. The predicted octanol–water partition coefficient (Wildman–Crippen LogP) is 0.176. The van der Waals surface area contributed by atoms with Crippen LogP contribution in [0.25, 0.3) is 0 Å². The highest BCUT2D eigenvalue weighted by atomic mass is 14.6. The van der Waals surface area contributed by atoms with Gasteiger partial charge in [-0.2, -0.15) is 0 Å². The maximum Gasteiger partial charge on any atom is -0.00344 e. The summed E-state index contributed by atoms with van der Waals surface area (Å²) in [5.74, 6) is 1.14. The van der Waals surface area contributed by atoms with Crippen molar-refractivity contribution in [1.29, 1.82) is 0 Å². The van der Waals surface area contributed by atoms with E-state index >= 15 is 0 Å². The second-order valence-electron chi connectivity index (χ2n) is 2.48. The van der Waals surface area contributed by atoms with Crippen molar-refractivity contribution in [2.75, 3.05) is 13.1 Å². The summed E-state index contributed by atoms with van der Waals surface area (Å²) in [5.41, 5.74) is 10.8. The third-order valence-electron chi connectivity index (χ3n) is 1.55. The summed E-state index contributed by atoms with van der Waals surface area (Å²) >= 11 is 0. The van der Waals surface area contributed by atoms with E-state index in [1.165, 1.54) is 0 Å². The molecule has 0 rings (SSSR count). The van der Waals surface area contributed by atoms with Crippen molar-refractivity contribution in [3.05, 3.63) is 0 Å². The summed E-state index contributed by atoms with van der Waals surface area (Å²) in [5, 5.41) is 0. The van der Waals surface area contributed by atoms with Gasteiger partial charge in [0.1, 0.15) is 0 Å². The lowest BCUT2D eigenvalue weighted by Crippen LogP contribution is -2.27. The van der Waals surface area contributed by atoms with Gasteiger partial charge in [-0.3, -0.25) is 0 Å². The van der Waals surface area contributed by atoms with Gasteiger partial charge >= 0.3 is 0 Å². The van der Waals surface area contributed by atoms with Gasteiger partial charge in [-0.05, 0) is 24.9 Å². The second kappa shape index (κ2) is 3.87. The molecule has 2 nitrogen and oxygen atoms in total. The molecule has 0 bridgehead atoms. The number of hydrogen-bond acceptors (Lipinski definition) is 2. The Balaban J connectivity index is 3.35. The zero-order valence-electron chi connectivity index (χ0n) is 5.72. The predicted molar refractivity (Wildman–Crippen MR) is 36.4 cm³/mol. The van der Waals surface area contributed by atoms with Gasteiger partial charge in [0.2, 0.25) is 0 Å². The molecule has 0 heterocycles. The molecular formula is C6H16N2. The van der Waals surface area contributed by atoms with Crippen LogP contribution in [-0.4, -0.2) is 13.1 Å². The fourth-order valence-corrected chi connectivity index (χ4v) is 0.641. The van der Waals surface area contributed by atoms with Crippen LogP contribution in [0.5, 0.6) is 0 Å². The molecule has 4 N–H and O–H groups in total. The first-order valence-electron chi connectivity index (χ1n) is 3.12. The third kappa shape index (κ3) is 2.28. The molecule has 0 aliphatic carbocycles. The lowest BCUT2D eigenvalue weighted by atomic mass is 9.97. The summed E-state index contributed by atoms with van der Waals surface area (Å²) < 4.78 is 0. The van der Waals surface area contributed by atoms with Crippen molar-refractivity contribution in [2.24, 2.45) is 23.3 Å². The van der Waals surface area contributed by atoms with E-state index in [0.29, 0.717) is 24.9 Å². The van der Waals surface area contributed by atoms with E-state index in [9.17, 15) is 0 Å². The molecule has 0 saturated heterocycles. The average Bonchev–Trinajstić information content (AvgIpc) is 1.69. The van der Waals surface area contributed by atoms with Crippen LogP contribution in [-0.2, 0) is 0 Å². The van der Waals surface area contributed by atoms with E-state index in [-0.39, 0.29) is 0 Å². The molecule has 0 aromatic rings. The lowest BCUT2D eigenvalue weighted by Gasteiger charge is -2.14. The summed E-state index contributed by atoms with van der Waals surface area (Å²) in [6.07, 6.45) is 0. The standard InChI is InChI=1S/C6H16N2/c1-5(2)6(3-7)4-8/h5-6H,3-4,7-8H2,1-2H3. The van der Waals surface area contributed by atoms with Crippen molar-refractivity contribution in [3.63, 3.8) is 0 Å². The van der Waals surface area contributed by atoms with Crippen LogP contribution < -0.4 is 11.5 Å². The van der Waals surface area contributed by atoms with Gasteiger partial charge < -0.3 is 11.5 Å². The second-order valence-corrected chi connectivity index (χ2v) is 2.48. The van der Waals surface area contributed by atoms with Gasteiger partial charge in [-0.25, -0.2) is 0 Å². The van der Waals surface area contributed by atoms with E-state index in [1.807, 2.05) is 0 Å². The normalized spacial score (nSPS) is 11.2. The Morgan fingerprint density at radius 3 is 1.50 bits per heavy atom. The molecule has 0 amide bonds. The number of rotatable bonds is 3. The molecule has 8 heavy (non-hydrogen) atoms. The van der Waals surface area contributed by atoms with Crippen LogP contribution in [0.1, 0.15) is 13.8 Å². The van der Waals surface area contributed by atoms with E-state index in [1.54, 1.807) is 0 Å². The summed E-state index contributed by atoms with van der Waals surface area (Å²) in [6, 6.07) is 0. The number of nitrogens with two attached hydrogens (primary N) is 2. The van der Waals surface area contributed by atoms with Crippen LogP contribution >= 0.6 is 0 Å². The van der Waals surface area contributed by atoms with Crippen molar-refractivity contribution in [2.45, 2.75) is 13.8 Å². The first-order valence-corrected chi connectivity index (χ1v) is 3.12. The molecule has 0 spiro atoms. The van der Waals surface area contributed by atoms with Crippen LogP contribution in [0, 0.1) is 11.8 Å². The van der Waals surface area contributed by atoms with Crippen LogP contribution in [0.15, 0.2) is 0 Å². The topological polar surface area (TPSA) is 52.0 Å². The highest BCUT2D eigenvalue weighted by Crippen LogP contribution is 2.05. The van der Waals surface area contributed by atoms with E-state index in [0.717, 1.165) is 0 Å². The Bertz CT molecular complexity index is 48.5. The molecule has 0 aromatic carbocycles. The van der Waals surface area contributed by atoms with Gasteiger partial charge in [0, 0.05) is 0 Å². The maximum absolute atomic E-state index is 5.40. The first-order chi connectivity index (χ1) is 3.72. The van der Waals surface area contributed by atoms with E-state index in [2.05, 4.69) is 13.8 Å². The first kappa shape index (κ1) is 7.92. The molecule has 0 aliphatic rings. The SMILES string of the molecule is CC(C)C(CN)CN. The maximum atomic E-state index is 5.40. The van der Waals surface area contributed by atoms with Gasteiger partial charge in [-0.1, -0.05) is 13.8 Å². The fourth-order valence-electron chi connectivity index (χ4n) is 0.641. The highest BCUT2D eigenvalue weighted by Gasteiger charge is 2.06. The van der Waals surface area contributed by atoms with Gasteiger partial charge in [0.15, 0.2) is 0 Å². The minimum Gasteiger partial charge on any atom is -0.330 e. The van der Waals surface area contributed by atoms with Crippen molar-refractivity contribution in [1.82, 2.24) is 0 Å². The Hall–Kier alpha value is -0.0800. The zero-order chi connectivity index (χ0) is 6.57. The van der Waals surface area contributed by atoms with E-state index in [4.69, 9.17) is 11.5 Å². The summed E-state index contributed by atoms with van der Waals surface area (Å²) in [4.78, 5) is 0. The van der Waals surface area contributed by atoms with Gasteiger partial charge in [0.25, 0.3) is 0 Å². The van der Waals surface area contributed by atoms with Crippen LogP contribution in [0.4, 0.5) is 0 Å². The van der Waals surface area contributed by atoms with Crippen molar-refractivity contribution in [3.8, 4) is 0 Å². The Morgan fingerprint density at radius 2 is 1.50 bits per heavy atom. The minimum atomic E-state index is 0.509. The van der Waals surface area contributed by atoms with Gasteiger partial charge in [0.05, 0.1) is 0 Å². The minimum absolute atomic E-state index is 0.509. The largest absolute Gasteiger partial charge is 0.330 e. The zero-order valence-corrected chi connectivity index (χ0v) is 5.72. The van der Waals surface area contributed by atoms with Crippen molar-refractivity contribution < 1.29 is 0 Å². The highest BCUT2D eigenvalue weighted by molar-refractivity contribution is 4.62. The molecule has 0 radical (unpaired) electrons. The lowest BCUT2D eigenvalue weighted by molar-refractivity contribution is 0.404. The Labute approximate surface area is 51.2 Å². The van der Waals surface area contributed by atoms with Gasteiger partial charge in [-0.15, -0.1) is 0 Å². The van der Waals surface area contributed by atoms with E-state index < -0.39 is 0 Å². The number of hydrogen-bond donors (Lipinski definition) is 2. The quantitative estimate of drug-likeness (QED) is 0.552. The Kier molecular flexibility index (Phi) is 3.83. The summed E-state index contributed by atoms with van der Waals surface area (Å²) in [6.45, 7) is 5.72. The average molecular weight is 116 g/mol. The van der Waals surface area contributed by atoms with Crippen LogP contribution in [0.2, 0.25) is 0 Å². The smallest absolute Gasteiger partial charge is 0.00344 e. The van der Waals surface area contributed by atoms with Crippen LogP contribution in [0.3, 0.4) is 0 Å². The molecule has 50 valence electrons. The molecule has 0 saturated carbocycles. The molecular weight excluding hydrogens is 100 g/mol. The molecule has 0 atom stereocenters. The third-order valence-corrected chi connectivity index (χ3v) is 1.55. The molecule has 0 unspecified atom stereocenters. The molecule has 0 fully saturated rings. The molecule has 0 aliphatic heterocycles.